The van der Waals surface area contributed by atoms with Gasteiger partial charge in [-0.1, -0.05) is 30.3 Å². The van der Waals surface area contributed by atoms with Gasteiger partial charge < -0.3 is 0 Å². The Morgan fingerprint density at radius 3 is 2.87 bits per heavy atom. The van der Waals surface area contributed by atoms with E-state index in [0.717, 1.165) is 24.6 Å². The fourth-order valence-electron chi connectivity index (χ4n) is 2.28. The summed E-state index contributed by atoms with van der Waals surface area (Å²) in [5.41, 5.74) is 1.35. The van der Waals surface area contributed by atoms with Crippen molar-refractivity contribution in [2.45, 2.75) is 25.8 Å². The zero-order valence-corrected chi connectivity index (χ0v) is 8.72. The van der Waals surface area contributed by atoms with Gasteiger partial charge in [0.25, 0.3) is 0 Å². The van der Waals surface area contributed by atoms with Crippen LogP contribution in [-0.4, -0.2) is 14.8 Å². The third kappa shape index (κ3) is 1.35. The number of nitrogens with zero attached hydrogens (tertiary/aromatic N) is 3. The third-order valence-corrected chi connectivity index (χ3v) is 2.95. The Kier molecular flexibility index (Phi) is 1.84. The number of rotatable bonds is 1. The lowest BCUT2D eigenvalue weighted by atomic mass is 9.97. The Hall–Kier alpha value is -1.64. The maximum atomic E-state index is 4.50. The number of benzene rings is 1. The summed E-state index contributed by atoms with van der Waals surface area (Å²) in [6.07, 6.45) is 1.12. The number of aryl methyl sites for hydroxylation is 2. The molecular weight excluding hydrogens is 186 g/mol. The first-order valence-corrected chi connectivity index (χ1v) is 5.31. The predicted octanol–water partition coefficient (Wildman–Crippen LogP) is 2.12. The maximum absolute atomic E-state index is 4.50. The number of aromatic nitrogens is 3. The van der Waals surface area contributed by atoms with Gasteiger partial charge in [-0.15, -0.1) is 0 Å². The quantitative estimate of drug-likeness (QED) is 0.704. The summed E-state index contributed by atoms with van der Waals surface area (Å²) in [7, 11) is 0. The van der Waals surface area contributed by atoms with Crippen molar-refractivity contribution < 1.29 is 0 Å². The normalized spacial score (nSPS) is 19.1. The van der Waals surface area contributed by atoms with Crippen molar-refractivity contribution in [2.75, 3.05) is 0 Å². The van der Waals surface area contributed by atoms with Crippen molar-refractivity contribution in [1.82, 2.24) is 14.8 Å². The Balaban J connectivity index is 2.03. The molecule has 1 aromatic heterocycles. The summed E-state index contributed by atoms with van der Waals surface area (Å²) in [4.78, 5) is 4.50. The molecule has 3 heteroatoms. The molecular formula is C12H13N3. The van der Waals surface area contributed by atoms with E-state index in [1.807, 2.05) is 11.6 Å². The summed E-state index contributed by atoms with van der Waals surface area (Å²) >= 11 is 0. The van der Waals surface area contributed by atoms with Gasteiger partial charge in [-0.2, -0.15) is 5.10 Å². The molecule has 3 rings (SSSR count). The van der Waals surface area contributed by atoms with Crippen LogP contribution in [0.25, 0.3) is 0 Å². The Labute approximate surface area is 88.8 Å². The van der Waals surface area contributed by atoms with Crippen molar-refractivity contribution >= 4 is 0 Å². The SMILES string of the molecule is Cc1nc2n(n1)CCC2c1ccccc1. The lowest BCUT2D eigenvalue weighted by Crippen LogP contribution is -1.98. The van der Waals surface area contributed by atoms with E-state index in [1.165, 1.54) is 5.56 Å². The van der Waals surface area contributed by atoms with Crippen molar-refractivity contribution in [3.63, 3.8) is 0 Å². The first kappa shape index (κ1) is 8.65. The maximum Gasteiger partial charge on any atom is 0.147 e. The highest BCUT2D eigenvalue weighted by Crippen LogP contribution is 2.32. The highest BCUT2D eigenvalue weighted by Gasteiger charge is 2.26. The summed E-state index contributed by atoms with van der Waals surface area (Å²) < 4.78 is 2.03. The molecule has 1 unspecified atom stereocenters. The molecule has 2 heterocycles. The molecule has 2 aromatic rings. The Morgan fingerprint density at radius 1 is 1.27 bits per heavy atom. The number of fused-ring (bicyclic) bond motifs is 1. The second-order valence-electron chi connectivity index (χ2n) is 3.99. The Morgan fingerprint density at radius 2 is 2.07 bits per heavy atom. The predicted molar refractivity (Wildman–Crippen MR) is 57.7 cm³/mol. The van der Waals surface area contributed by atoms with Crippen LogP contribution in [0.15, 0.2) is 30.3 Å². The highest BCUT2D eigenvalue weighted by atomic mass is 15.4. The third-order valence-electron chi connectivity index (χ3n) is 2.95. The first-order valence-electron chi connectivity index (χ1n) is 5.31. The molecule has 15 heavy (non-hydrogen) atoms. The molecule has 0 fully saturated rings. The van der Waals surface area contributed by atoms with Gasteiger partial charge in [0, 0.05) is 12.5 Å². The van der Waals surface area contributed by atoms with E-state index < -0.39 is 0 Å². The fraction of sp³-hybridized carbons (Fsp3) is 0.333. The molecule has 0 amide bonds. The monoisotopic (exact) mass is 199 g/mol. The van der Waals surface area contributed by atoms with Gasteiger partial charge in [0.1, 0.15) is 11.6 Å². The average molecular weight is 199 g/mol. The summed E-state index contributed by atoms with van der Waals surface area (Å²) in [5.74, 6) is 2.44. The standard InChI is InChI=1S/C12H13N3/c1-9-13-12-11(7-8-15(12)14-9)10-5-3-2-4-6-10/h2-6,11H,7-8H2,1H3. The number of hydrogen-bond donors (Lipinski definition) is 0. The molecule has 1 aromatic carbocycles. The van der Waals surface area contributed by atoms with Gasteiger partial charge in [-0.25, -0.2) is 9.67 Å². The van der Waals surface area contributed by atoms with Gasteiger partial charge in [0.15, 0.2) is 0 Å². The molecule has 0 spiro atoms. The minimum Gasteiger partial charge on any atom is -0.249 e. The highest BCUT2D eigenvalue weighted by molar-refractivity contribution is 5.27. The molecule has 0 bridgehead atoms. The van der Waals surface area contributed by atoms with Crippen LogP contribution in [-0.2, 0) is 6.54 Å². The lowest BCUT2D eigenvalue weighted by molar-refractivity contribution is 0.642. The average Bonchev–Trinajstić information content (AvgIpc) is 2.77. The number of hydrogen-bond acceptors (Lipinski definition) is 2. The van der Waals surface area contributed by atoms with E-state index in [2.05, 4.69) is 40.4 Å². The van der Waals surface area contributed by atoms with Crippen molar-refractivity contribution in [2.24, 2.45) is 0 Å². The zero-order chi connectivity index (χ0) is 10.3. The summed E-state index contributed by atoms with van der Waals surface area (Å²) in [5, 5.41) is 4.37. The molecule has 0 aliphatic carbocycles. The van der Waals surface area contributed by atoms with Crippen molar-refractivity contribution in [3.05, 3.63) is 47.5 Å². The van der Waals surface area contributed by atoms with Crippen LogP contribution in [0.2, 0.25) is 0 Å². The van der Waals surface area contributed by atoms with E-state index in [4.69, 9.17) is 0 Å². The van der Waals surface area contributed by atoms with Crippen LogP contribution >= 0.6 is 0 Å². The van der Waals surface area contributed by atoms with Crippen LogP contribution in [0.5, 0.6) is 0 Å². The van der Waals surface area contributed by atoms with Crippen LogP contribution < -0.4 is 0 Å². The van der Waals surface area contributed by atoms with Gasteiger partial charge in [0.05, 0.1) is 0 Å². The zero-order valence-electron chi connectivity index (χ0n) is 8.72. The molecule has 1 aliphatic heterocycles. The van der Waals surface area contributed by atoms with E-state index >= 15 is 0 Å². The molecule has 1 aliphatic rings. The van der Waals surface area contributed by atoms with E-state index in [-0.39, 0.29) is 0 Å². The van der Waals surface area contributed by atoms with Gasteiger partial charge >= 0.3 is 0 Å². The minimum absolute atomic E-state index is 0.437. The van der Waals surface area contributed by atoms with Gasteiger partial charge in [-0.3, -0.25) is 0 Å². The van der Waals surface area contributed by atoms with Crippen LogP contribution in [0.4, 0.5) is 0 Å². The topological polar surface area (TPSA) is 30.7 Å². The van der Waals surface area contributed by atoms with Crippen LogP contribution in [0, 0.1) is 6.92 Å². The van der Waals surface area contributed by atoms with Crippen molar-refractivity contribution in [3.8, 4) is 0 Å². The van der Waals surface area contributed by atoms with E-state index in [0.29, 0.717) is 5.92 Å². The molecule has 0 saturated heterocycles. The van der Waals surface area contributed by atoms with Gasteiger partial charge in [0.2, 0.25) is 0 Å². The molecule has 76 valence electrons. The van der Waals surface area contributed by atoms with Crippen LogP contribution in [0.3, 0.4) is 0 Å². The first-order chi connectivity index (χ1) is 7.34. The largest absolute Gasteiger partial charge is 0.249 e. The second kappa shape index (κ2) is 3.19. The summed E-state index contributed by atoms with van der Waals surface area (Å²) in [6.45, 7) is 2.95. The van der Waals surface area contributed by atoms with Crippen molar-refractivity contribution in [1.29, 1.82) is 0 Å². The van der Waals surface area contributed by atoms with E-state index in [1.54, 1.807) is 0 Å². The van der Waals surface area contributed by atoms with E-state index in [9.17, 15) is 0 Å². The molecule has 0 radical (unpaired) electrons. The minimum atomic E-state index is 0.437. The second-order valence-corrected chi connectivity index (χ2v) is 3.99. The molecule has 0 saturated carbocycles. The molecule has 1 atom stereocenters. The summed E-state index contributed by atoms with van der Waals surface area (Å²) in [6, 6.07) is 10.6. The fourth-order valence-corrected chi connectivity index (χ4v) is 2.28. The lowest BCUT2D eigenvalue weighted by Gasteiger charge is -2.07. The van der Waals surface area contributed by atoms with Crippen LogP contribution in [0.1, 0.15) is 29.6 Å². The molecule has 3 nitrogen and oxygen atoms in total. The Bertz CT molecular complexity index is 473. The molecule has 0 N–H and O–H groups in total. The van der Waals surface area contributed by atoms with Gasteiger partial charge in [-0.05, 0) is 18.9 Å². The smallest absolute Gasteiger partial charge is 0.147 e.